The molecule has 2 aliphatic rings. The molecule has 0 amide bonds. The van der Waals surface area contributed by atoms with Crippen LogP contribution in [0.15, 0.2) is 30.3 Å². The standard InChI is InChI=1S/C16H22N2O5S/c1-17(8-13-6-4-3-5-7-13)24(20,21)18-9-14-10-23-12-16(14,11-18)15(19)22-2/h3-7,14H,8-12H2,1-2H3/t14-,16-/m0/s1. The largest absolute Gasteiger partial charge is 0.468 e. The molecular weight excluding hydrogens is 332 g/mol. The van der Waals surface area contributed by atoms with Crippen molar-refractivity contribution in [2.45, 2.75) is 6.54 Å². The number of hydrogen-bond acceptors (Lipinski definition) is 5. The number of ether oxygens (including phenoxy) is 2. The minimum Gasteiger partial charge on any atom is -0.468 e. The number of hydrogen-bond donors (Lipinski definition) is 0. The number of carbonyl (C=O) groups excluding carboxylic acids is 1. The lowest BCUT2D eigenvalue weighted by atomic mass is 9.81. The van der Waals surface area contributed by atoms with E-state index in [2.05, 4.69) is 0 Å². The van der Waals surface area contributed by atoms with Gasteiger partial charge in [-0.25, -0.2) is 0 Å². The van der Waals surface area contributed by atoms with Crippen molar-refractivity contribution in [2.24, 2.45) is 11.3 Å². The first-order valence-electron chi connectivity index (χ1n) is 7.81. The summed E-state index contributed by atoms with van der Waals surface area (Å²) in [7, 11) is -0.778. The zero-order chi connectivity index (χ0) is 17.4. The Morgan fingerprint density at radius 2 is 2.12 bits per heavy atom. The van der Waals surface area contributed by atoms with Crippen molar-refractivity contribution < 1.29 is 22.7 Å². The van der Waals surface area contributed by atoms with Crippen LogP contribution in [-0.2, 0) is 31.0 Å². The fourth-order valence-electron chi connectivity index (χ4n) is 3.48. The molecule has 0 saturated carbocycles. The third-order valence-corrected chi connectivity index (χ3v) is 6.75. The fourth-order valence-corrected chi connectivity index (χ4v) is 4.94. The van der Waals surface area contributed by atoms with Crippen LogP contribution in [0.5, 0.6) is 0 Å². The normalized spacial score (nSPS) is 27.4. The van der Waals surface area contributed by atoms with Crippen LogP contribution in [-0.4, -0.2) is 63.5 Å². The van der Waals surface area contributed by atoms with Crippen molar-refractivity contribution in [1.82, 2.24) is 8.61 Å². The number of methoxy groups -OCH3 is 1. The summed E-state index contributed by atoms with van der Waals surface area (Å²) in [5, 5.41) is 0. The van der Waals surface area contributed by atoms with Gasteiger partial charge < -0.3 is 9.47 Å². The third kappa shape index (κ3) is 2.83. The first kappa shape index (κ1) is 17.3. The van der Waals surface area contributed by atoms with Crippen LogP contribution in [0.25, 0.3) is 0 Å². The fraction of sp³-hybridized carbons (Fsp3) is 0.562. The van der Waals surface area contributed by atoms with Crippen molar-refractivity contribution in [3.63, 3.8) is 0 Å². The van der Waals surface area contributed by atoms with Crippen molar-refractivity contribution in [1.29, 1.82) is 0 Å². The molecule has 0 radical (unpaired) electrons. The first-order chi connectivity index (χ1) is 11.4. The van der Waals surface area contributed by atoms with Crippen LogP contribution in [0.2, 0.25) is 0 Å². The lowest BCUT2D eigenvalue weighted by Gasteiger charge is -2.26. The SMILES string of the molecule is COC(=O)[C@@]12COC[C@@H]1CN(S(=O)(=O)N(C)Cc1ccccc1)C2. The number of benzene rings is 1. The second-order valence-corrected chi connectivity index (χ2v) is 8.44. The maximum atomic E-state index is 12.9. The highest BCUT2D eigenvalue weighted by Crippen LogP contribution is 2.43. The maximum Gasteiger partial charge on any atom is 0.315 e. The minimum atomic E-state index is -3.66. The Morgan fingerprint density at radius 3 is 2.79 bits per heavy atom. The van der Waals surface area contributed by atoms with E-state index in [1.165, 1.54) is 15.7 Å². The Hall–Kier alpha value is -1.48. The monoisotopic (exact) mass is 354 g/mol. The predicted octanol–water partition coefficient (Wildman–Crippen LogP) is 0.485. The van der Waals surface area contributed by atoms with E-state index in [1.54, 1.807) is 7.05 Å². The molecule has 2 saturated heterocycles. The highest BCUT2D eigenvalue weighted by Gasteiger charge is 2.59. The van der Waals surface area contributed by atoms with E-state index in [9.17, 15) is 13.2 Å². The summed E-state index contributed by atoms with van der Waals surface area (Å²) in [4.78, 5) is 12.2. The van der Waals surface area contributed by atoms with Crippen molar-refractivity contribution in [3.05, 3.63) is 35.9 Å². The lowest BCUT2D eigenvalue weighted by Crippen LogP contribution is -2.44. The smallest absolute Gasteiger partial charge is 0.315 e. The molecule has 2 heterocycles. The van der Waals surface area contributed by atoms with Gasteiger partial charge in [-0.15, -0.1) is 0 Å². The maximum absolute atomic E-state index is 12.9. The van der Waals surface area contributed by atoms with Gasteiger partial charge in [0.15, 0.2) is 0 Å². The van der Waals surface area contributed by atoms with E-state index in [0.29, 0.717) is 6.61 Å². The number of rotatable bonds is 5. The molecule has 0 spiro atoms. The number of nitrogens with zero attached hydrogens (tertiary/aromatic N) is 2. The quantitative estimate of drug-likeness (QED) is 0.719. The van der Waals surface area contributed by atoms with E-state index in [4.69, 9.17) is 9.47 Å². The van der Waals surface area contributed by atoms with Gasteiger partial charge in [0.1, 0.15) is 5.41 Å². The first-order valence-corrected chi connectivity index (χ1v) is 9.21. The topological polar surface area (TPSA) is 76.1 Å². The summed E-state index contributed by atoms with van der Waals surface area (Å²) in [6, 6.07) is 9.40. The summed E-state index contributed by atoms with van der Waals surface area (Å²) in [6.45, 7) is 1.25. The zero-order valence-electron chi connectivity index (χ0n) is 13.8. The summed E-state index contributed by atoms with van der Waals surface area (Å²) in [6.07, 6.45) is 0. The molecule has 2 fully saturated rings. The summed E-state index contributed by atoms with van der Waals surface area (Å²) < 4.78 is 38.8. The Balaban J connectivity index is 1.77. The molecule has 2 aliphatic heterocycles. The molecule has 0 bridgehead atoms. The highest BCUT2D eigenvalue weighted by molar-refractivity contribution is 7.86. The van der Waals surface area contributed by atoms with Gasteiger partial charge in [-0.2, -0.15) is 17.0 Å². The van der Waals surface area contributed by atoms with E-state index in [1.807, 2.05) is 30.3 Å². The van der Waals surface area contributed by atoms with E-state index in [0.717, 1.165) is 5.56 Å². The van der Waals surface area contributed by atoms with Crippen molar-refractivity contribution >= 4 is 16.2 Å². The third-order valence-electron chi connectivity index (χ3n) is 4.90. The average molecular weight is 354 g/mol. The van der Waals surface area contributed by atoms with Gasteiger partial charge in [0, 0.05) is 32.6 Å². The summed E-state index contributed by atoms with van der Waals surface area (Å²) in [5.41, 5.74) is 0.0315. The lowest BCUT2D eigenvalue weighted by molar-refractivity contribution is -0.153. The second-order valence-electron chi connectivity index (χ2n) is 6.40. The molecular formula is C16H22N2O5S. The number of fused-ring (bicyclic) bond motifs is 1. The molecule has 0 aromatic heterocycles. The van der Waals surface area contributed by atoms with Crippen LogP contribution >= 0.6 is 0 Å². The van der Waals surface area contributed by atoms with Crippen LogP contribution < -0.4 is 0 Å². The zero-order valence-corrected chi connectivity index (χ0v) is 14.7. The van der Waals surface area contributed by atoms with Crippen LogP contribution in [0.1, 0.15) is 5.56 Å². The van der Waals surface area contributed by atoms with Gasteiger partial charge in [-0.3, -0.25) is 4.79 Å². The molecule has 1 aromatic carbocycles. The van der Waals surface area contributed by atoms with Gasteiger partial charge in [0.2, 0.25) is 0 Å². The van der Waals surface area contributed by atoms with Crippen molar-refractivity contribution in [3.8, 4) is 0 Å². The average Bonchev–Trinajstić information content (AvgIpc) is 3.13. The Bertz CT molecular complexity index is 708. The predicted molar refractivity (Wildman–Crippen MR) is 87.2 cm³/mol. The Morgan fingerprint density at radius 1 is 1.42 bits per heavy atom. The van der Waals surface area contributed by atoms with Gasteiger partial charge in [-0.1, -0.05) is 30.3 Å². The molecule has 0 unspecified atom stereocenters. The van der Waals surface area contributed by atoms with Gasteiger partial charge in [0.05, 0.1) is 20.3 Å². The Labute approximate surface area is 142 Å². The van der Waals surface area contributed by atoms with E-state index >= 15 is 0 Å². The van der Waals surface area contributed by atoms with Gasteiger partial charge in [0.25, 0.3) is 10.2 Å². The van der Waals surface area contributed by atoms with Crippen LogP contribution in [0.4, 0.5) is 0 Å². The van der Waals surface area contributed by atoms with E-state index < -0.39 is 21.6 Å². The van der Waals surface area contributed by atoms with Crippen molar-refractivity contribution in [2.75, 3.05) is 40.5 Å². The second kappa shape index (κ2) is 6.44. The molecule has 24 heavy (non-hydrogen) atoms. The Kier molecular flexibility index (Phi) is 4.65. The van der Waals surface area contributed by atoms with E-state index in [-0.39, 0.29) is 32.2 Å². The van der Waals surface area contributed by atoms with Gasteiger partial charge in [-0.05, 0) is 5.56 Å². The number of carbonyl (C=O) groups is 1. The molecule has 0 aliphatic carbocycles. The van der Waals surface area contributed by atoms with Gasteiger partial charge >= 0.3 is 5.97 Å². The molecule has 8 heteroatoms. The van der Waals surface area contributed by atoms with Crippen LogP contribution in [0.3, 0.4) is 0 Å². The molecule has 7 nitrogen and oxygen atoms in total. The molecule has 1 aromatic rings. The summed E-state index contributed by atoms with van der Waals surface area (Å²) in [5.74, 6) is -0.557. The minimum absolute atomic E-state index is 0.103. The molecule has 0 N–H and O–H groups in total. The highest BCUT2D eigenvalue weighted by atomic mass is 32.2. The number of esters is 1. The molecule has 3 rings (SSSR count). The summed E-state index contributed by atoms with van der Waals surface area (Å²) >= 11 is 0. The molecule has 132 valence electrons. The molecule has 2 atom stereocenters. The van der Waals surface area contributed by atoms with Crippen LogP contribution in [0, 0.1) is 11.3 Å².